The number of hydrogen-bond donors (Lipinski definition) is 2. The highest BCUT2D eigenvalue weighted by Crippen LogP contribution is 2.28. The van der Waals surface area contributed by atoms with Gasteiger partial charge in [0.05, 0.1) is 17.4 Å². The van der Waals surface area contributed by atoms with Gasteiger partial charge in [-0.25, -0.2) is 4.52 Å². The molecule has 0 radical (unpaired) electrons. The fourth-order valence-electron chi connectivity index (χ4n) is 5.25. The van der Waals surface area contributed by atoms with Gasteiger partial charge in [0.15, 0.2) is 0 Å². The van der Waals surface area contributed by atoms with Crippen LogP contribution in [-0.4, -0.2) is 71.3 Å². The van der Waals surface area contributed by atoms with Gasteiger partial charge in [0.2, 0.25) is 12.3 Å². The van der Waals surface area contributed by atoms with Crippen LogP contribution in [0.25, 0.3) is 5.52 Å². The van der Waals surface area contributed by atoms with Gasteiger partial charge in [0, 0.05) is 38.9 Å². The summed E-state index contributed by atoms with van der Waals surface area (Å²) in [6, 6.07) is 4.35. The number of aliphatic hydroxyl groups excluding tert-OH is 1. The first-order valence-corrected chi connectivity index (χ1v) is 11.7. The standard InChI is InChI=1S/C23H33N5O3/c29-22-4-9-27(23(30)25-22)21-15-24-28-10-3-19(14-20(21)28)13-17-1-7-26(8-2-17)16-18-5-11-31-12-6-18/h3,10,14-15,17-18,23,30H,1-2,4-9,11-13,16H2,(H,25,29). The van der Waals surface area contributed by atoms with Crippen LogP contribution in [0.3, 0.4) is 0 Å². The van der Waals surface area contributed by atoms with Gasteiger partial charge in [-0.2, -0.15) is 5.10 Å². The molecule has 0 aromatic carbocycles. The molecule has 3 aliphatic heterocycles. The first-order valence-electron chi connectivity index (χ1n) is 11.7. The highest BCUT2D eigenvalue weighted by Gasteiger charge is 2.27. The van der Waals surface area contributed by atoms with Crippen molar-refractivity contribution in [1.29, 1.82) is 0 Å². The van der Waals surface area contributed by atoms with E-state index in [1.807, 2.05) is 15.6 Å². The molecular formula is C23H33N5O3. The smallest absolute Gasteiger partial charge is 0.225 e. The molecule has 0 saturated carbocycles. The van der Waals surface area contributed by atoms with Crippen LogP contribution in [0.5, 0.6) is 0 Å². The van der Waals surface area contributed by atoms with Gasteiger partial charge in [-0.05, 0) is 74.7 Å². The molecular weight excluding hydrogens is 394 g/mol. The molecule has 1 unspecified atom stereocenters. The van der Waals surface area contributed by atoms with Crippen LogP contribution in [0.4, 0.5) is 5.69 Å². The molecule has 5 heterocycles. The number of nitrogens with zero attached hydrogens (tertiary/aromatic N) is 4. The summed E-state index contributed by atoms with van der Waals surface area (Å²) >= 11 is 0. The molecule has 2 aromatic rings. The molecule has 0 aliphatic carbocycles. The monoisotopic (exact) mass is 427 g/mol. The predicted octanol–water partition coefficient (Wildman–Crippen LogP) is 1.62. The van der Waals surface area contributed by atoms with Crippen LogP contribution < -0.4 is 10.2 Å². The number of anilines is 1. The maximum absolute atomic E-state index is 11.5. The lowest BCUT2D eigenvalue weighted by Crippen LogP contribution is -2.54. The summed E-state index contributed by atoms with van der Waals surface area (Å²) in [4.78, 5) is 16.0. The second kappa shape index (κ2) is 9.14. The predicted molar refractivity (Wildman–Crippen MR) is 118 cm³/mol. The second-order valence-corrected chi connectivity index (χ2v) is 9.28. The molecule has 5 rings (SSSR count). The molecule has 2 N–H and O–H groups in total. The van der Waals surface area contributed by atoms with Gasteiger partial charge in [0.25, 0.3) is 0 Å². The van der Waals surface area contributed by atoms with E-state index in [1.54, 1.807) is 6.20 Å². The molecule has 1 amide bonds. The zero-order valence-corrected chi connectivity index (χ0v) is 18.1. The van der Waals surface area contributed by atoms with E-state index in [-0.39, 0.29) is 5.91 Å². The lowest BCUT2D eigenvalue weighted by atomic mass is 9.89. The maximum atomic E-state index is 11.5. The van der Waals surface area contributed by atoms with Crippen molar-refractivity contribution in [2.24, 2.45) is 11.8 Å². The number of piperidine rings is 1. The first-order chi connectivity index (χ1) is 15.2. The second-order valence-electron chi connectivity index (χ2n) is 9.28. The average Bonchev–Trinajstić information content (AvgIpc) is 3.19. The highest BCUT2D eigenvalue weighted by molar-refractivity contribution is 5.81. The van der Waals surface area contributed by atoms with E-state index < -0.39 is 6.35 Å². The molecule has 8 nitrogen and oxygen atoms in total. The molecule has 8 heteroatoms. The van der Waals surface area contributed by atoms with Crippen molar-refractivity contribution in [2.75, 3.05) is 44.3 Å². The summed E-state index contributed by atoms with van der Waals surface area (Å²) in [6.45, 7) is 5.98. The number of fused-ring (bicyclic) bond motifs is 1. The number of pyridine rings is 1. The number of aromatic nitrogens is 2. The Morgan fingerprint density at radius 3 is 2.71 bits per heavy atom. The van der Waals surface area contributed by atoms with Gasteiger partial charge < -0.3 is 25.0 Å². The number of aliphatic hydroxyl groups is 1. The summed E-state index contributed by atoms with van der Waals surface area (Å²) in [5.74, 6) is 1.40. The molecule has 3 fully saturated rings. The largest absolute Gasteiger partial charge is 0.381 e. The SMILES string of the molecule is O=C1CCN(c2cnn3ccc(CC4CCN(CC5CCOCC5)CC4)cc23)C(O)N1. The molecule has 31 heavy (non-hydrogen) atoms. The number of likely N-dealkylation sites (tertiary alicyclic amines) is 1. The fourth-order valence-corrected chi connectivity index (χ4v) is 5.25. The number of ether oxygens (including phenoxy) is 1. The number of carbonyl (C=O) groups excluding carboxylic acids is 1. The number of hydrogen-bond acceptors (Lipinski definition) is 6. The Bertz CT molecular complexity index is 902. The first kappa shape index (κ1) is 20.7. The van der Waals surface area contributed by atoms with E-state index in [0.29, 0.717) is 18.9 Å². The number of amides is 1. The lowest BCUT2D eigenvalue weighted by molar-refractivity contribution is -0.125. The van der Waals surface area contributed by atoms with Crippen LogP contribution >= 0.6 is 0 Å². The van der Waals surface area contributed by atoms with E-state index in [9.17, 15) is 9.90 Å². The van der Waals surface area contributed by atoms with Crippen LogP contribution in [-0.2, 0) is 16.0 Å². The fraction of sp³-hybridized carbons (Fsp3) is 0.652. The summed E-state index contributed by atoms with van der Waals surface area (Å²) in [5, 5.41) is 17.3. The number of nitrogens with one attached hydrogen (secondary N) is 1. The van der Waals surface area contributed by atoms with Crippen molar-refractivity contribution in [1.82, 2.24) is 19.8 Å². The topological polar surface area (TPSA) is 82.3 Å². The van der Waals surface area contributed by atoms with Crippen molar-refractivity contribution in [3.05, 3.63) is 30.1 Å². The zero-order valence-electron chi connectivity index (χ0n) is 18.1. The Morgan fingerprint density at radius 2 is 1.94 bits per heavy atom. The Kier molecular flexibility index (Phi) is 6.11. The minimum atomic E-state index is -1.00. The van der Waals surface area contributed by atoms with Gasteiger partial charge >= 0.3 is 0 Å². The van der Waals surface area contributed by atoms with Gasteiger partial charge in [0.1, 0.15) is 0 Å². The van der Waals surface area contributed by atoms with Gasteiger partial charge in [-0.1, -0.05) is 0 Å². The zero-order chi connectivity index (χ0) is 21.2. The van der Waals surface area contributed by atoms with E-state index in [4.69, 9.17) is 4.74 Å². The van der Waals surface area contributed by atoms with Gasteiger partial charge in [-0.3, -0.25) is 4.79 Å². The van der Waals surface area contributed by atoms with Crippen molar-refractivity contribution in [3.8, 4) is 0 Å². The lowest BCUT2D eigenvalue weighted by Gasteiger charge is -2.35. The van der Waals surface area contributed by atoms with Crippen molar-refractivity contribution in [2.45, 2.75) is 44.9 Å². The minimum Gasteiger partial charge on any atom is -0.381 e. The Hall–Kier alpha value is -2.16. The maximum Gasteiger partial charge on any atom is 0.225 e. The van der Waals surface area contributed by atoms with Crippen molar-refractivity contribution >= 4 is 17.1 Å². The van der Waals surface area contributed by atoms with E-state index >= 15 is 0 Å². The third kappa shape index (κ3) is 4.71. The molecule has 3 saturated heterocycles. The third-order valence-electron chi connectivity index (χ3n) is 7.13. The van der Waals surface area contributed by atoms with Crippen LogP contribution in [0.2, 0.25) is 0 Å². The van der Waals surface area contributed by atoms with Crippen LogP contribution in [0.15, 0.2) is 24.5 Å². The molecule has 1 atom stereocenters. The molecule has 2 aromatic heterocycles. The van der Waals surface area contributed by atoms with E-state index in [2.05, 4.69) is 27.4 Å². The number of carbonyl (C=O) groups is 1. The molecule has 168 valence electrons. The van der Waals surface area contributed by atoms with Crippen molar-refractivity contribution < 1.29 is 14.6 Å². The number of rotatable bonds is 5. The average molecular weight is 428 g/mol. The Labute approximate surface area is 183 Å². The summed E-state index contributed by atoms with van der Waals surface area (Å²) < 4.78 is 7.34. The van der Waals surface area contributed by atoms with Crippen molar-refractivity contribution in [3.63, 3.8) is 0 Å². The quantitative estimate of drug-likeness (QED) is 0.755. The summed E-state index contributed by atoms with van der Waals surface area (Å²) in [7, 11) is 0. The molecule has 0 bridgehead atoms. The van der Waals surface area contributed by atoms with E-state index in [0.717, 1.165) is 36.8 Å². The Morgan fingerprint density at radius 1 is 1.13 bits per heavy atom. The van der Waals surface area contributed by atoms with Crippen LogP contribution in [0.1, 0.15) is 37.7 Å². The van der Waals surface area contributed by atoms with E-state index in [1.165, 1.54) is 50.9 Å². The molecule has 0 spiro atoms. The third-order valence-corrected chi connectivity index (χ3v) is 7.13. The van der Waals surface area contributed by atoms with Crippen LogP contribution in [0, 0.1) is 11.8 Å². The normalized spacial score (nSPS) is 24.6. The Balaban J connectivity index is 1.21. The van der Waals surface area contributed by atoms with Gasteiger partial charge in [-0.15, -0.1) is 0 Å². The summed E-state index contributed by atoms with van der Waals surface area (Å²) in [6.07, 6.45) is 9.14. The molecule has 3 aliphatic rings. The highest BCUT2D eigenvalue weighted by atomic mass is 16.5. The summed E-state index contributed by atoms with van der Waals surface area (Å²) in [5.41, 5.74) is 3.15. The minimum absolute atomic E-state index is 0.121.